The van der Waals surface area contributed by atoms with Crippen LogP contribution < -0.4 is 0 Å². The zero-order valence-corrected chi connectivity index (χ0v) is 27.0. The lowest BCUT2D eigenvalue weighted by molar-refractivity contribution is 0.315. The molecule has 47 heavy (non-hydrogen) atoms. The summed E-state index contributed by atoms with van der Waals surface area (Å²) in [6.07, 6.45) is 20.4. The maximum Gasteiger partial charge on any atom is 0.0159 e. The summed E-state index contributed by atoms with van der Waals surface area (Å²) < 4.78 is 0. The van der Waals surface area contributed by atoms with Crippen LogP contribution in [-0.4, -0.2) is 0 Å². The highest BCUT2D eigenvalue weighted by Gasteiger charge is 2.50. The van der Waals surface area contributed by atoms with Gasteiger partial charge in [-0.25, -0.2) is 0 Å². The van der Waals surface area contributed by atoms with Crippen LogP contribution in [0.15, 0.2) is 157 Å². The Morgan fingerprint density at radius 3 is 2.13 bits per heavy atom. The van der Waals surface area contributed by atoms with E-state index < -0.39 is 0 Å². The Balaban J connectivity index is 0.989. The van der Waals surface area contributed by atoms with Gasteiger partial charge in [0.2, 0.25) is 0 Å². The van der Waals surface area contributed by atoms with Gasteiger partial charge in [0.25, 0.3) is 0 Å². The Hall–Kier alpha value is -4.94. The van der Waals surface area contributed by atoms with Crippen molar-refractivity contribution < 1.29 is 0 Å². The third-order valence-electron chi connectivity index (χ3n) is 12.2. The number of hydrogen-bond donors (Lipinski definition) is 0. The van der Waals surface area contributed by atoms with Crippen molar-refractivity contribution in [3.63, 3.8) is 0 Å². The monoisotopic (exact) mass is 602 g/mol. The molecule has 0 bridgehead atoms. The van der Waals surface area contributed by atoms with E-state index in [1.54, 1.807) is 5.57 Å². The average molecular weight is 603 g/mol. The SMILES string of the molecule is CC1(C)c2ccccc2-c2ccc(-c3ccc4ccc(-c5cccc(C6=CCC7C8C=CC=CC8C8=CC=CC6C87)c5)cc4c3)cc21. The maximum absolute atomic E-state index is 2.57. The topological polar surface area (TPSA) is 0 Å². The van der Waals surface area contributed by atoms with E-state index in [1.807, 2.05) is 0 Å². The lowest BCUT2D eigenvalue weighted by atomic mass is 9.67. The predicted octanol–water partition coefficient (Wildman–Crippen LogP) is 12.0. The summed E-state index contributed by atoms with van der Waals surface area (Å²) in [6, 6.07) is 39.2. The molecule has 0 aromatic heterocycles. The summed E-state index contributed by atoms with van der Waals surface area (Å²) in [4.78, 5) is 0. The van der Waals surface area contributed by atoms with E-state index in [9.17, 15) is 0 Å². The zero-order valence-electron chi connectivity index (χ0n) is 27.0. The van der Waals surface area contributed by atoms with Crippen LogP contribution in [0.3, 0.4) is 0 Å². The van der Waals surface area contributed by atoms with E-state index in [0.29, 0.717) is 29.6 Å². The van der Waals surface area contributed by atoms with Crippen molar-refractivity contribution in [3.05, 3.63) is 174 Å². The molecule has 5 aromatic carbocycles. The van der Waals surface area contributed by atoms with Gasteiger partial charge in [-0.15, -0.1) is 0 Å². The highest BCUT2D eigenvalue weighted by Crippen LogP contribution is 2.59. The summed E-state index contributed by atoms with van der Waals surface area (Å²) in [7, 11) is 0. The molecule has 0 N–H and O–H groups in total. The van der Waals surface area contributed by atoms with Gasteiger partial charge in [0.05, 0.1) is 0 Å². The second-order valence-electron chi connectivity index (χ2n) is 14.8. The second-order valence-corrected chi connectivity index (χ2v) is 14.8. The fourth-order valence-electron chi connectivity index (χ4n) is 9.86. The van der Waals surface area contributed by atoms with E-state index in [4.69, 9.17) is 0 Å². The summed E-state index contributed by atoms with van der Waals surface area (Å²) in [6.45, 7) is 4.72. The molecule has 0 saturated heterocycles. The minimum Gasteiger partial charge on any atom is -0.0802 e. The molecule has 0 heterocycles. The fraction of sp³-hybridized carbons (Fsp3) is 0.191. The van der Waals surface area contributed by atoms with E-state index in [1.165, 1.54) is 66.4 Å². The minimum atomic E-state index is 0.000991. The largest absolute Gasteiger partial charge is 0.0802 e. The van der Waals surface area contributed by atoms with Crippen LogP contribution in [0.4, 0.5) is 0 Å². The van der Waals surface area contributed by atoms with E-state index in [-0.39, 0.29) is 5.41 Å². The normalized spacial score (nSPS) is 25.5. The Morgan fingerprint density at radius 2 is 1.26 bits per heavy atom. The molecule has 1 saturated carbocycles. The molecule has 0 nitrogen and oxygen atoms in total. The molecule has 0 radical (unpaired) electrons. The van der Waals surface area contributed by atoms with Crippen molar-refractivity contribution in [2.24, 2.45) is 29.6 Å². The van der Waals surface area contributed by atoms with Crippen molar-refractivity contribution in [1.29, 1.82) is 0 Å². The third kappa shape index (κ3) is 4.01. The average Bonchev–Trinajstić information content (AvgIpc) is 3.57. The van der Waals surface area contributed by atoms with Gasteiger partial charge >= 0.3 is 0 Å². The van der Waals surface area contributed by atoms with Crippen LogP contribution in [0.25, 0.3) is 49.7 Å². The van der Waals surface area contributed by atoms with Crippen molar-refractivity contribution in [1.82, 2.24) is 0 Å². The molecular formula is C47H38. The van der Waals surface area contributed by atoms with Crippen LogP contribution in [0, 0.1) is 29.6 Å². The van der Waals surface area contributed by atoms with Crippen molar-refractivity contribution in [3.8, 4) is 33.4 Å². The van der Waals surface area contributed by atoms with Gasteiger partial charge in [-0.3, -0.25) is 0 Å². The van der Waals surface area contributed by atoms with Gasteiger partial charge in [-0.05, 0) is 115 Å². The van der Waals surface area contributed by atoms with Crippen LogP contribution in [0.1, 0.15) is 37.0 Å². The van der Waals surface area contributed by atoms with Gasteiger partial charge in [-0.2, -0.15) is 0 Å². The van der Waals surface area contributed by atoms with E-state index in [2.05, 4.69) is 166 Å². The molecular weight excluding hydrogens is 565 g/mol. The molecule has 5 atom stereocenters. The predicted molar refractivity (Wildman–Crippen MR) is 198 cm³/mol. The number of fused-ring (bicyclic) bond motifs is 7. The lowest BCUT2D eigenvalue weighted by Crippen LogP contribution is -2.27. The molecule has 0 amide bonds. The van der Waals surface area contributed by atoms with Crippen LogP contribution in [0.5, 0.6) is 0 Å². The number of rotatable bonds is 3. The first-order chi connectivity index (χ1) is 23.0. The molecule has 0 aliphatic heterocycles. The minimum absolute atomic E-state index is 0.000991. The Kier molecular flexibility index (Phi) is 5.80. The zero-order chi connectivity index (χ0) is 31.3. The van der Waals surface area contributed by atoms with Crippen molar-refractivity contribution in [2.75, 3.05) is 0 Å². The van der Waals surface area contributed by atoms with Gasteiger partial charge in [-0.1, -0.05) is 147 Å². The molecule has 0 heteroatoms. The molecule has 5 aromatic rings. The van der Waals surface area contributed by atoms with Crippen molar-refractivity contribution >= 4 is 16.3 Å². The molecule has 0 spiro atoms. The Morgan fingerprint density at radius 1 is 0.553 bits per heavy atom. The van der Waals surface area contributed by atoms with Gasteiger partial charge < -0.3 is 0 Å². The summed E-state index contributed by atoms with van der Waals surface area (Å²) >= 11 is 0. The van der Waals surface area contributed by atoms with Crippen molar-refractivity contribution in [2.45, 2.75) is 25.7 Å². The standard InChI is InChI=1S/C47H38/c1-47(2)44-16-6-5-13-39(44)40-22-21-33(28-45(40)47)32-20-18-29-17-19-31(26-35(29)27-32)30-9-7-10-34(25-30)36-23-24-43-38-12-4-3-11-37(38)42-15-8-14-41(36)46(42)43/h3-23,25-28,37-38,41,43,46H,24H2,1-2H3. The number of benzene rings is 5. The second kappa shape index (κ2) is 10.0. The summed E-state index contributed by atoms with van der Waals surface area (Å²) in [5.74, 6) is 2.99. The number of hydrogen-bond acceptors (Lipinski definition) is 0. The first-order valence-electron chi connectivity index (χ1n) is 17.4. The first kappa shape index (κ1) is 27.2. The van der Waals surface area contributed by atoms with Gasteiger partial charge in [0.1, 0.15) is 0 Å². The molecule has 10 rings (SSSR count). The van der Waals surface area contributed by atoms with E-state index in [0.717, 1.165) is 6.42 Å². The van der Waals surface area contributed by atoms with Crippen LogP contribution >= 0.6 is 0 Å². The smallest absolute Gasteiger partial charge is 0.0159 e. The first-order valence-corrected chi connectivity index (χ1v) is 17.4. The summed E-state index contributed by atoms with van der Waals surface area (Å²) in [5.41, 5.74) is 15.2. The third-order valence-corrected chi connectivity index (χ3v) is 12.2. The molecule has 5 unspecified atom stereocenters. The molecule has 5 aliphatic carbocycles. The molecule has 226 valence electrons. The lowest BCUT2D eigenvalue weighted by Gasteiger charge is -2.36. The highest BCUT2D eigenvalue weighted by molar-refractivity contribution is 5.92. The Bertz CT molecular complexity index is 2280. The summed E-state index contributed by atoms with van der Waals surface area (Å²) in [5, 5.41) is 2.56. The molecule has 1 fully saturated rings. The van der Waals surface area contributed by atoms with E-state index >= 15 is 0 Å². The van der Waals surface area contributed by atoms with Crippen LogP contribution in [-0.2, 0) is 5.41 Å². The molecule has 5 aliphatic rings. The quantitative estimate of drug-likeness (QED) is 0.193. The van der Waals surface area contributed by atoms with Gasteiger partial charge in [0, 0.05) is 17.3 Å². The highest BCUT2D eigenvalue weighted by atomic mass is 14.5. The maximum atomic E-state index is 2.57. The van der Waals surface area contributed by atoms with Crippen LogP contribution in [0.2, 0.25) is 0 Å². The Labute approximate surface area is 278 Å². The fourth-order valence-corrected chi connectivity index (χ4v) is 9.86. The number of allylic oxidation sites excluding steroid dienone is 10. The van der Waals surface area contributed by atoms with Gasteiger partial charge in [0.15, 0.2) is 0 Å².